The molecule has 0 heterocycles. The molecule has 1 atom stereocenters. The molecule has 2 aromatic carbocycles. The normalized spacial score (nSPS) is 12.4. The van der Waals surface area contributed by atoms with Crippen LogP contribution in [-0.2, 0) is 14.8 Å². The number of halogens is 3. The number of aliphatic hydroxyl groups excluding tert-OH is 1. The van der Waals surface area contributed by atoms with Crippen LogP contribution >= 0.6 is 34.8 Å². The topological polar surface area (TPSA) is 105 Å². The second kappa shape index (κ2) is 11.0. The second-order valence-corrected chi connectivity index (χ2v) is 8.91. The Morgan fingerprint density at radius 1 is 1.14 bits per heavy atom. The van der Waals surface area contributed by atoms with Crippen molar-refractivity contribution in [3.63, 3.8) is 0 Å². The van der Waals surface area contributed by atoms with Crippen molar-refractivity contribution in [1.29, 1.82) is 0 Å². The van der Waals surface area contributed by atoms with E-state index >= 15 is 0 Å². The van der Waals surface area contributed by atoms with E-state index in [0.717, 1.165) is 0 Å². The largest absolute Gasteiger partial charge is 0.489 e. The first-order valence-electron chi connectivity index (χ1n) is 8.46. The van der Waals surface area contributed by atoms with Gasteiger partial charge in [0.25, 0.3) is 0 Å². The lowest BCUT2D eigenvalue weighted by Gasteiger charge is -2.14. The van der Waals surface area contributed by atoms with Crippen LogP contribution in [0.2, 0.25) is 15.1 Å². The Balaban J connectivity index is 1.70. The number of hydrogen-bond donors (Lipinski definition) is 3. The third kappa shape index (κ3) is 7.65. The average Bonchev–Trinajstić information content (AvgIpc) is 2.67. The first-order chi connectivity index (χ1) is 13.7. The van der Waals surface area contributed by atoms with Gasteiger partial charge in [0, 0.05) is 24.5 Å². The highest BCUT2D eigenvalue weighted by molar-refractivity contribution is 7.89. The predicted octanol–water partition coefficient (Wildman–Crippen LogP) is 2.87. The van der Waals surface area contributed by atoms with Crippen LogP contribution in [0.4, 0.5) is 0 Å². The van der Waals surface area contributed by atoms with Crippen LogP contribution in [0.15, 0.2) is 47.4 Å². The first kappa shape index (κ1) is 23.7. The highest BCUT2D eigenvalue weighted by Gasteiger charge is 2.15. The molecule has 158 valence electrons. The Hall–Kier alpha value is -1.55. The van der Waals surface area contributed by atoms with E-state index < -0.39 is 22.0 Å². The maximum atomic E-state index is 12.1. The number of hydrogen-bond acceptors (Lipinski definition) is 5. The van der Waals surface area contributed by atoms with Crippen LogP contribution in [0.1, 0.15) is 6.42 Å². The zero-order chi connectivity index (χ0) is 21.4. The summed E-state index contributed by atoms with van der Waals surface area (Å²) in [6, 6.07) is 10.7. The van der Waals surface area contributed by atoms with E-state index in [0.29, 0.717) is 15.8 Å². The Morgan fingerprint density at radius 2 is 1.86 bits per heavy atom. The van der Waals surface area contributed by atoms with Gasteiger partial charge in [0.1, 0.15) is 23.5 Å². The number of carbonyl (C=O) groups is 1. The molecule has 0 radical (unpaired) electrons. The molecule has 0 fully saturated rings. The van der Waals surface area contributed by atoms with Gasteiger partial charge in [-0.15, -0.1) is 0 Å². The van der Waals surface area contributed by atoms with Crippen molar-refractivity contribution in [3.05, 3.63) is 57.5 Å². The van der Waals surface area contributed by atoms with E-state index in [9.17, 15) is 18.3 Å². The number of nitrogens with one attached hydrogen (secondary N) is 2. The van der Waals surface area contributed by atoms with Crippen molar-refractivity contribution < 1.29 is 23.1 Å². The van der Waals surface area contributed by atoms with Gasteiger partial charge in [-0.1, -0.05) is 46.9 Å². The summed E-state index contributed by atoms with van der Waals surface area (Å²) in [4.78, 5) is 11.9. The lowest BCUT2D eigenvalue weighted by atomic mass is 10.3. The Morgan fingerprint density at radius 3 is 2.59 bits per heavy atom. The highest BCUT2D eigenvalue weighted by Crippen LogP contribution is 2.31. The molecule has 2 aromatic rings. The third-order valence-electron chi connectivity index (χ3n) is 3.63. The van der Waals surface area contributed by atoms with Crippen LogP contribution < -0.4 is 14.8 Å². The molecule has 2 rings (SSSR count). The van der Waals surface area contributed by atoms with Crippen LogP contribution in [0, 0.1) is 0 Å². The van der Waals surface area contributed by atoms with Crippen LogP contribution in [0.3, 0.4) is 0 Å². The van der Waals surface area contributed by atoms with Crippen LogP contribution in [-0.4, -0.2) is 45.2 Å². The summed E-state index contributed by atoms with van der Waals surface area (Å²) in [5.74, 6) is -0.112. The minimum atomic E-state index is -3.76. The number of benzene rings is 2. The molecule has 0 aromatic heterocycles. The van der Waals surface area contributed by atoms with Crippen molar-refractivity contribution in [1.82, 2.24) is 10.0 Å². The average molecular weight is 482 g/mol. The number of ether oxygens (including phenoxy) is 1. The molecule has 29 heavy (non-hydrogen) atoms. The summed E-state index contributed by atoms with van der Waals surface area (Å²) in [6.07, 6.45) is -1.09. The maximum Gasteiger partial charge on any atom is 0.240 e. The minimum absolute atomic E-state index is 0.0117. The molecule has 0 saturated heterocycles. The van der Waals surface area contributed by atoms with Crippen LogP contribution in [0.25, 0.3) is 0 Å². The molecule has 3 N–H and O–H groups in total. The number of carbonyl (C=O) groups excluding carboxylic acids is 1. The van der Waals surface area contributed by atoms with Crippen molar-refractivity contribution in [2.24, 2.45) is 0 Å². The number of rotatable bonds is 10. The van der Waals surface area contributed by atoms with E-state index in [-0.39, 0.29) is 36.0 Å². The monoisotopic (exact) mass is 480 g/mol. The van der Waals surface area contributed by atoms with Gasteiger partial charge in [-0.2, -0.15) is 0 Å². The smallest absolute Gasteiger partial charge is 0.240 e. The van der Waals surface area contributed by atoms with Gasteiger partial charge in [0.2, 0.25) is 15.9 Å². The zero-order valence-corrected chi connectivity index (χ0v) is 18.2. The van der Waals surface area contributed by atoms with Gasteiger partial charge >= 0.3 is 0 Å². The molecule has 0 bridgehead atoms. The summed E-state index contributed by atoms with van der Waals surface area (Å²) in [7, 11) is -3.76. The van der Waals surface area contributed by atoms with Gasteiger partial charge in [-0.05, 0) is 30.3 Å². The molecule has 0 aliphatic carbocycles. The fourth-order valence-electron chi connectivity index (χ4n) is 2.18. The zero-order valence-electron chi connectivity index (χ0n) is 15.1. The quantitative estimate of drug-likeness (QED) is 0.484. The number of aliphatic hydroxyl groups is 1. The van der Waals surface area contributed by atoms with E-state index in [1.54, 1.807) is 24.3 Å². The van der Waals surface area contributed by atoms with Crippen molar-refractivity contribution in [2.75, 3.05) is 19.7 Å². The van der Waals surface area contributed by atoms with Crippen molar-refractivity contribution in [2.45, 2.75) is 17.4 Å². The Bertz CT molecular complexity index is 956. The van der Waals surface area contributed by atoms with Gasteiger partial charge < -0.3 is 15.2 Å². The minimum Gasteiger partial charge on any atom is -0.489 e. The summed E-state index contributed by atoms with van der Waals surface area (Å²) < 4.78 is 31.9. The maximum absolute atomic E-state index is 12.1. The second-order valence-electron chi connectivity index (χ2n) is 5.93. The Labute approximate surface area is 184 Å². The fourth-order valence-corrected chi connectivity index (χ4v) is 3.86. The van der Waals surface area contributed by atoms with E-state index in [2.05, 4.69) is 10.0 Å². The van der Waals surface area contributed by atoms with Gasteiger partial charge in [0.15, 0.2) is 0 Å². The Kier molecular flexibility index (Phi) is 9.01. The molecule has 1 unspecified atom stereocenters. The number of sulfonamides is 1. The molecule has 1 amide bonds. The highest BCUT2D eigenvalue weighted by atomic mass is 35.5. The van der Waals surface area contributed by atoms with E-state index in [1.165, 1.54) is 18.2 Å². The molecular weight excluding hydrogens is 463 g/mol. The molecule has 11 heteroatoms. The SMILES string of the molecule is O=C(CCNS(=O)(=O)c1cccc(Cl)c1)NCC(O)COc1cccc(Cl)c1Cl. The molecule has 0 spiro atoms. The molecular formula is C18H19Cl3N2O5S. The molecule has 7 nitrogen and oxygen atoms in total. The van der Waals surface area contributed by atoms with E-state index in [4.69, 9.17) is 39.5 Å². The lowest BCUT2D eigenvalue weighted by Crippen LogP contribution is -2.37. The summed E-state index contributed by atoms with van der Waals surface area (Å²) in [5.41, 5.74) is 0. The standard InChI is InChI=1S/C18H19Cl3N2O5S/c19-12-3-1-4-14(9-12)29(26,27)23-8-7-17(25)22-10-13(24)11-28-16-6-2-5-15(20)18(16)21/h1-6,9,13,23-24H,7-8,10-11H2,(H,22,25). The lowest BCUT2D eigenvalue weighted by molar-refractivity contribution is -0.121. The van der Waals surface area contributed by atoms with Crippen molar-refractivity contribution >= 4 is 50.7 Å². The summed E-state index contributed by atoms with van der Waals surface area (Å²) in [6.45, 7) is -0.287. The molecule has 0 aliphatic rings. The van der Waals surface area contributed by atoms with Gasteiger partial charge in [0.05, 0.1) is 9.92 Å². The molecule has 0 saturated carbocycles. The van der Waals surface area contributed by atoms with Crippen molar-refractivity contribution in [3.8, 4) is 5.75 Å². The predicted molar refractivity (Wildman–Crippen MR) is 112 cm³/mol. The summed E-state index contributed by atoms with van der Waals surface area (Å²) >= 11 is 17.6. The van der Waals surface area contributed by atoms with Gasteiger partial charge in [-0.3, -0.25) is 4.79 Å². The third-order valence-corrected chi connectivity index (χ3v) is 6.13. The number of amides is 1. The van der Waals surface area contributed by atoms with Gasteiger partial charge in [-0.25, -0.2) is 13.1 Å². The summed E-state index contributed by atoms with van der Waals surface area (Å²) in [5, 5.41) is 13.3. The molecule has 0 aliphatic heterocycles. The van der Waals surface area contributed by atoms with Crippen LogP contribution in [0.5, 0.6) is 5.75 Å². The van der Waals surface area contributed by atoms with E-state index in [1.807, 2.05) is 0 Å². The first-order valence-corrected chi connectivity index (χ1v) is 11.1. The fraction of sp³-hybridized carbons (Fsp3) is 0.278.